The van der Waals surface area contributed by atoms with E-state index < -0.39 is 0 Å². The molecule has 19 heavy (non-hydrogen) atoms. The quantitative estimate of drug-likeness (QED) is 0.619. The molecular weight excluding hydrogens is 262 g/mol. The van der Waals surface area contributed by atoms with E-state index in [9.17, 15) is 4.79 Å². The van der Waals surface area contributed by atoms with Gasteiger partial charge in [0.1, 0.15) is 10.8 Å². The predicted molar refractivity (Wildman–Crippen MR) is 75.1 cm³/mol. The van der Waals surface area contributed by atoms with Gasteiger partial charge in [-0.15, -0.1) is 0 Å². The highest BCUT2D eigenvalue weighted by Crippen LogP contribution is 2.30. The Morgan fingerprint density at radius 3 is 2.79 bits per heavy atom. The van der Waals surface area contributed by atoms with Gasteiger partial charge in [0.05, 0.1) is 6.61 Å². The van der Waals surface area contributed by atoms with E-state index in [0.29, 0.717) is 11.8 Å². The number of hydrogen-bond acceptors (Lipinski definition) is 5. The SMILES string of the molecule is CCOC(=O)C(Sc1nc2ccccc2o1)C(C)C. The number of oxazole rings is 1. The molecule has 0 saturated carbocycles. The second-order valence-corrected chi connectivity index (χ2v) is 5.57. The lowest BCUT2D eigenvalue weighted by molar-refractivity contribution is -0.143. The van der Waals surface area contributed by atoms with Crippen LogP contribution < -0.4 is 0 Å². The van der Waals surface area contributed by atoms with Crippen molar-refractivity contribution in [2.75, 3.05) is 6.61 Å². The lowest BCUT2D eigenvalue weighted by Gasteiger charge is -2.16. The van der Waals surface area contributed by atoms with E-state index in [1.54, 1.807) is 6.92 Å². The first-order valence-corrected chi connectivity index (χ1v) is 7.18. The van der Waals surface area contributed by atoms with Crippen molar-refractivity contribution < 1.29 is 13.9 Å². The van der Waals surface area contributed by atoms with Crippen molar-refractivity contribution in [3.8, 4) is 0 Å². The van der Waals surface area contributed by atoms with Crippen molar-refractivity contribution in [1.82, 2.24) is 4.98 Å². The van der Waals surface area contributed by atoms with Crippen molar-refractivity contribution in [2.45, 2.75) is 31.2 Å². The van der Waals surface area contributed by atoms with Crippen molar-refractivity contribution in [2.24, 2.45) is 5.92 Å². The van der Waals surface area contributed by atoms with Crippen LogP contribution in [0.2, 0.25) is 0 Å². The molecule has 0 N–H and O–H groups in total. The molecule has 0 spiro atoms. The standard InChI is InChI=1S/C14H17NO3S/c1-4-17-13(16)12(9(2)3)19-14-15-10-7-5-6-8-11(10)18-14/h5-9,12H,4H2,1-3H3. The van der Waals surface area contributed by atoms with Gasteiger partial charge in [-0.3, -0.25) is 4.79 Å². The Kier molecular flexibility index (Phi) is 4.47. The summed E-state index contributed by atoms with van der Waals surface area (Å²) in [6.45, 7) is 6.16. The fraction of sp³-hybridized carbons (Fsp3) is 0.429. The Morgan fingerprint density at radius 2 is 2.16 bits per heavy atom. The molecule has 0 fully saturated rings. The van der Waals surface area contributed by atoms with Gasteiger partial charge in [-0.1, -0.05) is 37.7 Å². The summed E-state index contributed by atoms with van der Waals surface area (Å²) in [6, 6.07) is 7.55. The zero-order valence-corrected chi connectivity index (χ0v) is 12.1. The number of para-hydroxylation sites is 2. The topological polar surface area (TPSA) is 52.3 Å². The van der Waals surface area contributed by atoms with E-state index in [0.717, 1.165) is 11.1 Å². The van der Waals surface area contributed by atoms with E-state index in [4.69, 9.17) is 9.15 Å². The second kappa shape index (κ2) is 6.10. The normalized spacial score (nSPS) is 12.8. The van der Waals surface area contributed by atoms with Gasteiger partial charge in [0.25, 0.3) is 5.22 Å². The zero-order valence-electron chi connectivity index (χ0n) is 11.3. The van der Waals surface area contributed by atoms with Crippen LogP contribution in [-0.2, 0) is 9.53 Å². The number of ether oxygens (including phenoxy) is 1. The summed E-state index contributed by atoms with van der Waals surface area (Å²) in [5.74, 6) is -0.0659. The van der Waals surface area contributed by atoms with Crippen LogP contribution in [0.5, 0.6) is 0 Å². The van der Waals surface area contributed by atoms with E-state index in [1.165, 1.54) is 11.8 Å². The zero-order chi connectivity index (χ0) is 13.8. The highest BCUT2D eigenvalue weighted by molar-refractivity contribution is 8.00. The lowest BCUT2D eigenvalue weighted by atomic mass is 10.1. The number of nitrogens with zero attached hydrogens (tertiary/aromatic N) is 1. The smallest absolute Gasteiger partial charge is 0.319 e. The summed E-state index contributed by atoms with van der Waals surface area (Å²) in [7, 11) is 0. The first-order valence-electron chi connectivity index (χ1n) is 6.30. The predicted octanol–water partition coefficient (Wildman–Crippen LogP) is 3.51. The van der Waals surface area contributed by atoms with Crippen molar-refractivity contribution in [3.05, 3.63) is 24.3 Å². The number of benzene rings is 1. The Balaban J connectivity index is 2.18. The van der Waals surface area contributed by atoms with Crippen molar-refractivity contribution in [3.63, 3.8) is 0 Å². The largest absolute Gasteiger partial charge is 0.465 e. The first kappa shape index (κ1) is 13.9. The maximum absolute atomic E-state index is 11.9. The third-order valence-electron chi connectivity index (χ3n) is 2.63. The molecule has 0 saturated heterocycles. The molecule has 0 aliphatic heterocycles. The number of esters is 1. The van der Waals surface area contributed by atoms with Crippen LogP contribution in [-0.4, -0.2) is 22.8 Å². The third kappa shape index (κ3) is 3.29. The maximum atomic E-state index is 11.9. The summed E-state index contributed by atoms with van der Waals surface area (Å²) in [5, 5.41) is 0.209. The molecule has 5 heteroatoms. The molecule has 0 amide bonds. The van der Waals surface area contributed by atoms with E-state index in [1.807, 2.05) is 38.1 Å². The minimum Gasteiger partial charge on any atom is -0.465 e. The highest BCUT2D eigenvalue weighted by Gasteiger charge is 2.27. The lowest BCUT2D eigenvalue weighted by Crippen LogP contribution is -2.25. The van der Waals surface area contributed by atoms with Gasteiger partial charge in [0.2, 0.25) is 0 Å². The molecule has 102 valence electrons. The maximum Gasteiger partial charge on any atom is 0.319 e. The van der Waals surface area contributed by atoms with Crippen LogP contribution >= 0.6 is 11.8 Å². The van der Waals surface area contributed by atoms with Crippen LogP contribution in [0.15, 0.2) is 33.9 Å². The van der Waals surface area contributed by atoms with Gasteiger partial charge in [0.15, 0.2) is 5.58 Å². The number of carbonyl (C=O) groups is 1. The number of carbonyl (C=O) groups excluding carboxylic acids is 1. The Labute approximate surface area is 116 Å². The average Bonchev–Trinajstić information content (AvgIpc) is 2.78. The molecular formula is C14H17NO3S. The molecule has 2 aromatic rings. The Hall–Kier alpha value is -1.49. The van der Waals surface area contributed by atoms with Gasteiger partial charge in [-0.2, -0.15) is 0 Å². The molecule has 4 nitrogen and oxygen atoms in total. The molecule has 0 bridgehead atoms. The van der Waals surface area contributed by atoms with Crippen LogP contribution in [0, 0.1) is 5.92 Å². The molecule has 0 aliphatic rings. The highest BCUT2D eigenvalue weighted by atomic mass is 32.2. The molecule has 0 aliphatic carbocycles. The minimum absolute atomic E-state index is 0.152. The summed E-state index contributed by atoms with van der Waals surface area (Å²) in [6.07, 6.45) is 0. The monoisotopic (exact) mass is 279 g/mol. The Morgan fingerprint density at radius 1 is 1.42 bits per heavy atom. The van der Waals surface area contributed by atoms with E-state index in [-0.39, 0.29) is 17.1 Å². The molecule has 2 rings (SSSR count). The summed E-state index contributed by atoms with van der Waals surface area (Å²) < 4.78 is 10.7. The van der Waals surface area contributed by atoms with E-state index in [2.05, 4.69) is 4.98 Å². The molecule has 1 heterocycles. The first-order chi connectivity index (χ1) is 9.11. The van der Waals surface area contributed by atoms with Crippen molar-refractivity contribution in [1.29, 1.82) is 0 Å². The summed E-state index contributed by atoms with van der Waals surface area (Å²) >= 11 is 1.32. The van der Waals surface area contributed by atoms with Crippen LogP contribution in [0.1, 0.15) is 20.8 Å². The van der Waals surface area contributed by atoms with Crippen LogP contribution in [0.3, 0.4) is 0 Å². The summed E-state index contributed by atoms with van der Waals surface area (Å²) in [5.41, 5.74) is 1.53. The van der Waals surface area contributed by atoms with Crippen molar-refractivity contribution >= 4 is 28.8 Å². The van der Waals surface area contributed by atoms with Crippen LogP contribution in [0.4, 0.5) is 0 Å². The van der Waals surface area contributed by atoms with E-state index >= 15 is 0 Å². The molecule has 1 atom stereocenters. The minimum atomic E-state index is -0.298. The van der Waals surface area contributed by atoms with Gasteiger partial charge in [-0.05, 0) is 25.0 Å². The number of fused-ring (bicyclic) bond motifs is 1. The summed E-state index contributed by atoms with van der Waals surface area (Å²) in [4.78, 5) is 16.3. The third-order valence-corrected chi connectivity index (χ3v) is 3.99. The number of thioether (sulfide) groups is 1. The van der Waals surface area contributed by atoms with Gasteiger partial charge in [0, 0.05) is 0 Å². The number of hydrogen-bond donors (Lipinski definition) is 0. The molecule has 1 aromatic carbocycles. The molecule has 0 radical (unpaired) electrons. The fourth-order valence-corrected chi connectivity index (χ4v) is 2.63. The molecule has 1 aromatic heterocycles. The van der Waals surface area contributed by atoms with Crippen LogP contribution in [0.25, 0.3) is 11.1 Å². The Bertz CT molecular complexity index is 532. The van der Waals surface area contributed by atoms with Gasteiger partial charge >= 0.3 is 5.97 Å². The second-order valence-electron chi connectivity index (χ2n) is 4.48. The number of rotatable bonds is 5. The average molecular weight is 279 g/mol. The fourth-order valence-electron chi connectivity index (χ4n) is 1.69. The van der Waals surface area contributed by atoms with Gasteiger partial charge < -0.3 is 9.15 Å². The molecule has 1 unspecified atom stereocenters. The number of aromatic nitrogens is 1. The van der Waals surface area contributed by atoms with Gasteiger partial charge in [-0.25, -0.2) is 4.98 Å².